The first-order valence-corrected chi connectivity index (χ1v) is 8.65. The van der Waals surface area contributed by atoms with Gasteiger partial charge >= 0.3 is 0 Å². The van der Waals surface area contributed by atoms with Crippen LogP contribution in [0, 0.1) is 6.92 Å². The molecule has 5 nitrogen and oxygen atoms in total. The van der Waals surface area contributed by atoms with Gasteiger partial charge in [0.2, 0.25) is 11.8 Å². The lowest BCUT2D eigenvalue weighted by Gasteiger charge is -2.34. The number of carbonyl (C=O) groups excluding carboxylic acids is 2. The molecule has 0 aliphatic carbocycles. The average molecular weight is 332 g/mol. The van der Waals surface area contributed by atoms with Gasteiger partial charge in [0.25, 0.3) is 0 Å². The fourth-order valence-corrected chi connectivity index (χ4v) is 3.06. The van der Waals surface area contributed by atoms with Gasteiger partial charge in [-0.3, -0.25) is 14.5 Å². The zero-order valence-corrected chi connectivity index (χ0v) is 15.1. The van der Waals surface area contributed by atoms with Crippen molar-refractivity contribution in [1.82, 2.24) is 5.32 Å². The van der Waals surface area contributed by atoms with Crippen molar-refractivity contribution in [1.29, 1.82) is 0 Å². The quantitative estimate of drug-likeness (QED) is 0.781. The predicted molar refractivity (Wildman–Crippen MR) is 95.0 cm³/mol. The molecule has 132 valence electrons. The van der Waals surface area contributed by atoms with E-state index in [1.54, 1.807) is 4.90 Å². The smallest absolute Gasteiger partial charge is 0.246 e. The number of amides is 2. The van der Waals surface area contributed by atoms with Crippen molar-refractivity contribution in [3.63, 3.8) is 0 Å². The molecule has 1 saturated heterocycles. The lowest BCUT2D eigenvalue weighted by atomic mass is 9.96. The Morgan fingerprint density at radius 1 is 1.38 bits per heavy atom. The summed E-state index contributed by atoms with van der Waals surface area (Å²) in [6.07, 6.45) is 1.89. The Labute approximate surface area is 144 Å². The number of rotatable bonds is 7. The van der Waals surface area contributed by atoms with Crippen LogP contribution >= 0.6 is 0 Å². The number of ether oxygens (including phenoxy) is 1. The van der Waals surface area contributed by atoms with Gasteiger partial charge in [-0.2, -0.15) is 0 Å². The van der Waals surface area contributed by atoms with E-state index in [0.717, 1.165) is 17.7 Å². The Morgan fingerprint density at radius 2 is 2.08 bits per heavy atom. The maximum atomic E-state index is 12.8. The number of nitrogens with one attached hydrogen (secondary N) is 1. The number of hydrogen-bond acceptors (Lipinski definition) is 3. The standard InChI is InChI=1S/C19H28N2O3/c1-14(2)24-13-7-12-20-18(23)19(4)11-10-17(22)21(19)16-9-6-5-8-15(16)3/h5-6,8-9,14H,7,10-13H2,1-4H3,(H,20,23). The fourth-order valence-electron chi connectivity index (χ4n) is 3.06. The summed E-state index contributed by atoms with van der Waals surface area (Å²) in [5.74, 6) is -0.0914. The second kappa shape index (κ2) is 7.79. The van der Waals surface area contributed by atoms with Crippen LogP contribution in [0.5, 0.6) is 0 Å². The van der Waals surface area contributed by atoms with Crippen molar-refractivity contribution in [3.05, 3.63) is 29.8 Å². The van der Waals surface area contributed by atoms with Gasteiger partial charge in [-0.15, -0.1) is 0 Å². The van der Waals surface area contributed by atoms with Crippen molar-refractivity contribution >= 4 is 17.5 Å². The van der Waals surface area contributed by atoms with Gasteiger partial charge < -0.3 is 10.1 Å². The van der Waals surface area contributed by atoms with Gasteiger partial charge in [0, 0.05) is 25.3 Å². The van der Waals surface area contributed by atoms with E-state index in [0.29, 0.717) is 26.0 Å². The zero-order chi connectivity index (χ0) is 17.7. The molecule has 1 atom stereocenters. The van der Waals surface area contributed by atoms with Crippen LogP contribution in [0.1, 0.15) is 45.6 Å². The summed E-state index contributed by atoms with van der Waals surface area (Å²) >= 11 is 0. The summed E-state index contributed by atoms with van der Waals surface area (Å²) in [6.45, 7) is 8.96. The van der Waals surface area contributed by atoms with Crippen LogP contribution in [0.2, 0.25) is 0 Å². The number of hydrogen-bond donors (Lipinski definition) is 1. The highest BCUT2D eigenvalue weighted by Gasteiger charge is 2.48. The third kappa shape index (κ3) is 3.96. The third-order valence-corrected chi connectivity index (χ3v) is 4.47. The van der Waals surface area contributed by atoms with E-state index >= 15 is 0 Å². The molecular formula is C19H28N2O3. The summed E-state index contributed by atoms with van der Waals surface area (Å²) in [4.78, 5) is 26.9. The summed E-state index contributed by atoms with van der Waals surface area (Å²) in [6, 6.07) is 7.70. The van der Waals surface area contributed by atoms with Crippen LogP contribution in [0.15, 0.2) is 24.3 Å². The maximum Gasteiger partial charge on any atom is 0.246 e. The molecule has 0 radical (unpaired) electrons. The van der Waals surface area contributed by atoms with E-state index in [2.05, 4.69) is 5.32 Å². The second-order valence-electron chi connectivity index (χ2n) is 6.82. The van der Waals surface area contributed by atoms with Crippen LogP contribution in [0.25, 0.3) is 0 Å². The summed E-state index contributed by atoms with van der Waals surface area (Å²) < 4.78 is 5.48. The molecule has 0 saturated carbocycles. The molecule has 1 aliphatic heterocycles. The van der Waals surface area contributed by atoms with E-state index in [1.807, 2.05) is 52.0 Å². The summed E-state index contributed by atoms with van der Waals surface area (Å²) in [5.41, 5.74) is 0.986. The van der Waals surface area contributed by atoms with Crippen molar-refractivity contribution in [2.75, 3.05) is 18.1 Å². The first-order chi connectivity index (χ1) is 11.4. The van der Waals surface area contributed by atoms with Crippen LogP contribution < -0.4 is 10.2 Å². The number of anilines is 1. The molecule has 0 aromatic heterocycles. The summed E-state index contributed by atoms with van der Waals surface area (Å²) in [5, 5.41) is 2.97. The van der Waals surface area contributed by atoms with Crippen LogP contribution in [-0.2, 0) is 14.3 Å². The van der Waals surface area contributed by atoms with Gasteiger partial charge in [0.05, 0.1) is 6.10 Å². The molecule has 1 unspecified atom stereocenters. The number of benzene rings is 1. The topological polar surface area (TPSA) is 58.6 Å². The van der Waals surface area contributed by atoms with E-state index in [1.165, 1.54) is 0 Å². The molecule has 24 heavy (non-hydrogen) atoms. The molecule has 5 heteroatoms. The highest BCUT2D eigenvalue weighted by atomic mass is 16.5. The molecule has 2 amide bonds. The molecule has 1 aliphatic rings. The molecule has 1 aromatic rings. The van der Waals surface area contributed by atoms with Crippen LogP contribution in [-0.4, -0.2) is 36.6 Å². The zero-order valence-electron chi connectivity index (χ0n) is 15.1. The molecule has 1 fully saturated rings. The Balaban J connectivity index is 2.05. The van der Waals surface area contributed by atoms with Crippen molar-refractivity contribution in [3.8, 4) is 0 Å². The normalized spacial score (nSPS) is 20.7. The van der Waals surface area contributed by atoms with Gasteiger partial charge in [-0.1, -0.05) is 18.2 Å². The van der Waals surface area contributed by atoms with Gasteiger partial charge in [0.1, 0.15) is 5.54 Å². The predicted octanol–water partition coefficient (Wildman–Crippen LogP) is 2.81. The summed E-state index contributed by atoms with van der Waals surface area (Å²) in [7, 11) is 0. The monoisotopic (exact) mass is 332 g/mol. The second-order valence-corrected chi connectivity index (χ2v) is 6.82. The number of aryl methyl sites for hydroxylation is 1. The molecule has 1 heterocycles. The van der Waals surface area contributed by atoms with E-state index in [-0.39, 0.29) is 17.9 Å². The van der Waals surface area contributed by atoms with Crippen LogP contribution in [0.3, 0.4) is 0 Å². The van der Waals surface area contributed by atoms with Gasteiger partial charge in [-0.25, -0.2) is 0 Å². The molecule has 2 rings (SSSR count). The van der Waals surface area contributed by atoms with Crippen LogP contribution in [0.4, 0.5) is 5.69 Å². The number of nitrogens with zero attached hydrogens (tertiary/aromatic N) is 1. The third-order valence-electron chi connectivity index (χ3n) is 4.47. The molecule has 0 spiro atoms. The van der Waals surface area contributed by atoms with E-state index in [9.17, 15) is 9.59 Å². The van der Waals surface area contributed by atoms with E-state index in [4.69, 9.17) is 4.74 Å². The Bertz CT molecular complexity index is 600. The first kappa shape index (κ1) is 18.5. The first-order valence-electron chi connectivity index (χ1n) is 8.65. The minimum atomic E-state index is -0.831. The highest BCUT2D eigenvalue weighted by molar-refractivity contribution is 6.06. The fraction of sp³-hybridized carbons (Fsp3) is 0.579. The van der Waals surface area contributed by atoms with Gasteiger partial charge in [0.15, 0.2) is 0 Å². The Kier molecular flexibility index (Phi) is 5.99. The maximum absolute atomic E-state index is 12.8. The molecule has 1 N–H and O–H groups in total. The van der Waals surface area contributed by atoms with Crippen molar-refractivity contribution in [2.24, 2.45) is 0 Å². The lowest BCUT2D eigenvalue weighted by molar-refractivity contribution is -0.127. The van der Waals surface area contributed by atoms with Crippen molar-refractivity contribution in [2.45, 2.75) is 58.6 Å². The highest BCUT2D eigenvalue weighted by Crippen LogP contribution is 2.36. The Hall–Kier alpha value is -1.88. The largest absolute Gasteiger partial charge is 0.379 e. The lowest BCUT2D eigenvalue weighted by Crippen LogP contribution is -2.55. The Morgan fingerprint density at radius 3 is 2.75 bits per heavy atom. The SMILES string of the molecule is Cc1ccccc1N1C(=O)CCC1(C)C(=O)NCCCOC(C)C. The van der Waals surface area contributed by atoms with Gasteiger partial charge in [-0.05, 0) is 52.2 Å². The van der Waals surface area contributed by atoms with Crippen molar-refractivity contribution < 1.29 is 14.3 Å². The number of para-hydroxylation sites is 1. The molecule has 1 aromatic carbocycles. The minimum absolute atomic E-state index is 0.00471. The molecule has 0 bridgehead atoms. The number of carbonyl (C=O) groups is 2. The molecular weight excluding hydrogens is 304 g/mol. The minimum Gasteiger partial charge on any atom is -0.379 e. The van der Waals surface area contributed by atoms with E-state index < -0.39 is 5.54 Å². The average Bonchev–Trinajstić information content (AvgIpc) is 2.84.